The van der Waals surface area contributed by atoms with Gasteiger partial charge in [-0.3, -0.25) is 9.78 Å². The number of benzene rings is 1. The Labute approximate surface area is 152 Å². The molecule has 0 radical (unpaired) electrons. The van der Waals surface area contributed by atoms with Crippen molar-refractivity contribution >= 4 is 11.7 Å². The standard InChI is InChI=1S/C18H13F2N3O4/c1-9-3-14-15(27-18(19,20)26-14)4-11(9)13-5-22-16(6-21-13)23-17(24)12-8-25-7-10(12)2/h3-8H,1-2H3,(H,22,23,24). The number of halogens is 2. The van der Waals surface area contributed by atoms with Crippen molar-refractivity contribution in [3.05, 3.63) is 53.7 Å². The van der Waals surface area contributed by atoms with Crippen LogP contribution in [-0.4, -0.2) is 22.2 Å². The zero-order valence-electron chi connectivity index (χ0n) is 14.2. The van der Waals surface area contributed by atoms with Gasteiger partial charge in [-0.15, -0.1) is 8.78 Å². The van der Waals surface area contributed by atoms with E-state index < -0.39 is 6.29 Å². The van der Waals surface area contributed by atoms with Crippen LogP contribution in [0.25, 0.3) is 11.3 Å². The topological polar surface area (TPSA) is 86.5 Å². The molecule has 1 aliphatic rings. The molecule has 0 bridgehead atoms. The number of carbonyl (C=O) groups excluding carboxylic acids is 1. The molecule has 3 heterocycles. The maximum absolute atomic E-state index is 13.2. The van der Waals surface area contributed by atoms with E-state index >= 15 is 0 Å². The minimum atomic E-state index is -3.68. The van der Waals surface area contributed by atoms with Crippen LogP contribution in [-0.2, 0) is 0 Å². The van der Waals surface area contributed by atoms with Crippen molar-refractivity contribution in [2.24, 2.45) is 0 Å². The molecule has 0 unspecified atom stereocenters. The lowest BCUT2D eigenvalue weighted by Gasteiger charge is -2.08. The van der Waals surface area contributed by atoms with E-state index in [-0.39, 0.29) is 23.2 Å². The molecule has 7 nitrogen and oxygen atoms in total. The molecule has 0 spiro atoms. The molecule has 1 amide bonds. The number of nitrogens with one attached hydrogen (secondary N) is 1. The summed E-state index contributed by atoms with van der Waals surface area (Å²) in [5.41, 5.74) is 2.76. The molecule has 4 rings (SSSR count). The van der Waals surface area contributed by atoms with Gasteiger partial charge in [0.2, 0.25) is 0 Å². The summed E-state index contributed by atoms with van der Waals surface area (Å²) in [6.45, 7) is 3.48. The fourth-order valence-corrected chi connectivity index (χ4v) is 2.68. The first-order valence-electron chi connectivity index (χ1n) is 7.89. The molecule has 3 aromatic rings. The molecule has 9 heteroatoms. The monoisotopic (exact) mass is 373 g/mol. The highest BCUT2D eigenvalue weighted by molar-refractivity contribution is 6.04. The number of rotatable bonds is 3. The Morgan fingerprint density at radius 2 is 1.78 bits per heavy atom. The van der Waals surface area contributed by atoms with Crippen LogP contribution < -0.4 is 14.8 Å². The fourth-order valence-electron chi connectivity index (χ4n) is 2.68. The Morgan fingerprint density at radius 1 is 1.04 bits per heavy atom. The van der Waals surface area contributed by atoms with Gasteiger partial charge in [0.15, 0.2) is 17.3 Å². The summed E-state index contributed by atoms with van der Waals surface area (Å²) in [6, 6.07) is 2.87. The second-order valence-corrected chi connectivity index (χ2v) is 5.99. The zero-order valence-corrected chi connectivity index (χ0v) is 14.2. The molecule has 1 aromatic carbocycles. The second-order valence-electron chi connectivity index (χ2n) is 5.99. The van der Waals surface area contributed by atoms with Crippen molar-refractivity contribution < 1.29 is 27.5 Å². The van der Waals surface area contributed by atoms with E-state index in [1.54, 1.807) is 13.8 Å². The molecule has 0 fully saturated rings. The van der Waals surface area contributed by atoms with E-state index in [2.05, 4.69) is 24.8 Å². The van der Waals surface area contributed by atoms with Crippen molar-refractivity contribution in [1.29, 1.82) is 0 Å². The highest BCUT2D eigenvalue weighted by Crippen LogP contribution is 2.44. The third kappa shape index (κ3) is 3.19. The average Bonchev–Trinajstić information content (AvgIpc) is 3.16. The van der Waals surface area contributed by atoms with Gasteiger partial charge in [-0.2, -0.15) is 0 Å². The van der Waals surface area contributed by atoms with E-state index in [0.29, 0.717) is 27.9 Å². The molecule has 27 heavy (non-hydrogen) atoms. The van der Waals surface area contributed by atoms with E-state index in [0.717, 1.165) is 0 Å². The van der Waals surface area contributed by atoms with E-state index in [9.17, 15) is 13.6 Å². The predicted octanol–water partition coefficient (Wildman–Crippen LogP) is 3.93. The summed E-state index contributed by atoms with van der Waals surface area (Å²) in [4.78, 5) is 20.6. The van der Waals surface area contributed by atoms with Gasteiger partial charge < -0.3 is 19.2 Å². The predicted molar refractivity (Wildman–Crippen MR) is 89.8 cm³/mol. The van der Waals surface area contributed by atoms with Gasteiger partial charge in [0.1, 0.15) is 6.26 Å². The minimum Gasteiger partial charge on any atom is -0.471 e. The quantitative estimate of drug-likeness (QED) is 0.749. The number of nitrogens with zero attached hydrogens (tertiary/aromatic N) is 2. The molecule has 0 atom stereocenters. The number of carbonyl (C=O) groups is 1. The number of hydrogen-bond acceptors (Lipinski definition) is 6. The lowest BCUT2D eigenvalue weighted by Crippen LogP contribution is -2.25. The summed E-state index contributed by atoms with van der Waals surface area (Å²) >= 11 is 0. The third-order valence-electron chi connectivity index (χ3n) is 4.02. The number of ether oxygens (including phenoxy) is 2. The Bertz CT molecular complexity index is 1030. The maximum Gasteiger partial charge on any atom is 0.586 e. The van der Waals surface area contributed by atoms with E-state index in [4.69, 9.17) is 4.42 Å². The SMILES string of the molecule is Cc1cocc1C(=O)Nc1cnc(-c2cc3c(cc2C)OC(F)(F)O3)cn1. The summed E-state index contributed by atoms with van der Waals surface area (Å²) in [5.74, 6) is -0.233. The normalized spacial score (nSPS) is 14.2. The first kappa shape index (κ1) is 17.0. The van der Waals surface area contributed by atoms with Gasteiger partial charge in [0.05, 0.1) is 29.9 Å². The first-order chi connectivity index (χ1) is 12.8. The zero-order chi connectivity index (χ0) is 19.2. The fraction of sp³-hybridized carbons (Fsp3) is 0.167. The van der Waals surface area contributed by atoms with Gasteiger partial charge >= 0.3 is 6.29 Å². The number of fused-ring (bicyclic) bond motifs is 1. The highest BCUT2D eigenvalue weighted by atomic mass is 19.3. The Kier molecular flexibility index (Phi) is 3.79. The molecular formula is C18H13F2N3O4. The van der Waals surface area contributed by atoms with Gasteiger partial charge in [-0.25, -0.2) is 4.98 Å². The third-order valence-corrected chi connectivity index (χ3v) is 4.02. The average molecular weight is 373 g/mol. The van der Waals surface area contributed by atoms with Crippen molar-refractivity contribution in [2.45, 2.75) is 20.1 Å². The smallest absolute Gasteiger partial charge is 0.471 e. The van der Waals surface area contributed by atoms with Crippen molar-refractivity contribution in [3.63, 3.8) is 0 Å². The number of anilines is 1. The van der Waals surface area contributed by atoms with E-state index in [1.807, 2.05) is 0 Å². The van der Waals surface area contributed by atoms with Gasteiger partial charge in [-0.1, -0.05) is 0 Å². The van der Waals surface area contributed by atoms with E-state index in [1.165, 1.54) is 37.1 Å². The molecule has 1 aliphatic heterocycles. The van der Waals surface area contributed by atoms with Gasteiger partial charge in [0, 0.05) is 5.56 Å². The lowest BCUT2D eigenvalue weighted by molar-refractivity contribution is -0.286. The molecule has 1 N–H and O–H groups in total. The van der Waals surface area contributed by atoms with Crippen LogP contribution in [0.15, 0.2) is 41.5 Å². The molecule has 0 saturated carbocycles. The number of hydrogen-bond donors (Lipinski definition) is 1. The Morgan fingerprint density at radius 3 is 2.41 bits per heavy atom. The largest absolute Gasteiger partial charge is 0.586 e. The number of aromatic nitrogens is 2. The number of furan rings is 1. The molecular weight excluding hydrogens is 360 g/mol. The maximum atomic E-state index is 13.2. The van der Waals surface area contributed by atoms with Crippen LogP contribution >= 0.6 is 0 Å². The molecule has 2 aromatic heterocycles. The first-order valence-corrected chi connectivity index (χ1v) is 7.89. The Balaban J connectivity index is 1.57. The van der Waals surface area contributed by atoms with Crippen LogP contribution in [0.3, 0.4) is 0 Å². The molecule has 0 aliphatic carbocycles. The molecule has 138 valence electrons. The van der Waals surface area contributed by atoms with Crippen LogP contribution in [0, 0.1) is 13.8 Å². The van der Waals surface area contributed by atoms with Crippen molar-refractivity contribution in [3.8, 4) is 22.8 Å². The van der Waals surface area contributed by atoms with Crippen molar-refractivity contribution in [1.82, 2.24) is 9.97 Å². The summed E-state index contributed by atoms with van der Waals surface area (Å²) in [7, 11) is 0. The number of aryl methyl sites for hydroxylation is 2. The van der Waals surface area contributed by atoms with Crippen LogP contribution in [0.2, 0.25) is 0 Å². The van der Waals surface area contributed by atoms with Gasteiger partial charge in [0.25, 0.3) is 5.91 Å². The highest BCUT2D eigenvalue weighted by Gasteiger charge is 2.43. The number of amides is 1. The summed E-state index contributed by atoms with van der Waals surface area (Å²) < 4.78 is 40.3. The minimum absolute atomic E-state index is 0.0337. The van der Waals surface area contributed by atoms with Crippen LogP contribution in [0.5, 0.6) is 11.5 Å². The van der Waals surface area contributed by atoms with Crippen LogP contribution in [0.1, 0.15) is 21.5 Å². The van der Waals surface area contributed by atoms with Gasteiger partial charge in [-0.05, 0) is 37.1 Å². The summed E-state index contributed by atoms with van der Waals surface area (Å²) in [6.07, 6.45) is 1.94. The van der Waals surface area contributed by atoms with Crippen LogP contribution in [0.4, 0.5) is 14.6 Å². The lowest BCUT2D eigenvalue weighted by atomic mass is 10.1. The Hall–Kier alpha value is -3.49. The van der Waals surface area contributed by atoms with Crippen molar-refractivity contribution in [2.75, 3.05) is 5.32 Å². The second kappa shape index (κ2) is 6.04. The summed E-state index contributed by atoms with van der Waals surface area (Å²) in [5, 5.41) is 2.61. The number of alkyl halides is 2. The molecule has 0 saturated heterocycles.